The first kappa shape index (κ1) is 22.1. The van der Waals surface area contributed by atoms with Gasteiger partial charge in [0.1, 0.15) is 0 Å². The van der Waals surface area contributed by atoms with Gasteiger partial charge < -0.3 is 20.1 Å². The summed E-state index contributed by atoms with van der Waals surface area (Å²) in [5.41, 5.74) is 0. The SMILES string of the molecule is CCCCC[C@H](O)/C=C/[C@H]1[C@H](O)CC2OC(C(I)CCCC(=O)O)C[C@@H]21. The third-order valence-electron chi connectivity index (χ3n) is 5.68. The topological polar surface area (TPSA) is 87.0 Å². The van der Waals surface area contributed by atoms with E-state index in [1.54, 1.807) is 0 Å². The van der Waals surface area contributed by atoms with E-state index in [9.17, 15) is 15.0 Å². The van der Waals surface area contributed by atoms with Crippen LogP contribution in [-0.2, 0) is 9.53 Å². The molecule has 0 aromatic rings. The van der Waals surface area contributed by atoms with Gasteiger partial charge in [0, 0.05) is 22.7 Å². The number of aliphatic carboxylic acids is 1. The molecule has 7 atom stereocenters. The van der Waals surface area contributed by atoms with Gasteiger partial charge in [0.25, 0.3) is 0 Å². The van der Waals surface area contributed by atoms with Crippen molar-refractivity contribution in [2.45, 2.75) is 93.1 Å². The summed E-state index contributed by atoms with van der Waals surface area (Å²) in [6.45, 7) is 2.15. The molecule has 26 heavy (non-hydrogen) atoms. The minimum atomic E-state index is -0.747. The van der Waals surface area contributed by atoms with Crippen molar-refractivity contribution in [2.24, 2.45) is 11.8 Å². The molecule has 2 fully saturated rings. The molecule has 0 amide bonds. The summed E-state index contributed by atoms with van der Waals surface area (Å²) in [7, 11) is 0. The van der Waals surface area contributed by atoms with Crippen molar-refractivity contribution in [3.63, 3.8) is 0 Å². The summed E-state index contributed by atoms with van der Waals surface area (Å²) in [6.07, 6.45) is 10.6. The second kappa shape index (κ2) is 11.0. The van der Waals surface area contributed by atoms with E-state index >= 15 is 0 Å². The van der Waals surface area contributed by atoms with Crippen LogP contribution in [0.2, 0.25) is 0 Å². The number of unbranched alkanes of at least 4 members (excludes halogenated alkanes) is 2. The lowest BCUT2D eigenvalue weighted by Gasteiger charge is -2.21. The highest BCUT2D eigenvalue weighted by Crippen LogP contribution is 2.46. The fourth-order valence-electron chi connectivity index (χ4n) is 4.21. The molecule has 1 aliphatic carbocycles. The van der Waals surface area contributed by atoms with Crippen molar-refractivity contribution in [3.8, 4) is 0 Å². The molecule has 0 bridgehead atoms. The minimum Gasteiger partial charge on any atom is -0.481 e. The van der Waals surface area contributed by atoms with Crippen molar-refractivity contribution < 1.29 is 24.9 Å². The Kier molecular flexibility index (Phi) is 9.33. The fraction of sp³-hybridized carbons (Fsp3) is 0.850. The van der Waals surface area contributed by atoms with Crippen LogP contribution < -0.4 is 0 Å². The first-order valence-corrected chi connectivity index (χ1v) is 11.2. The molecule has 2 aliphatic rings. The Labute approximate surface area is 170 Å². The molecule has 1 aliphatic heterocycles. The molecule has 0 radical (unpaired) electrons. The molecule has 1 heterocycles. The largest absolute Gasteiger partial charge is 0.481 e. The number of hydrogen-bond donors (Lipinski definition) is 3. The van der Waals surface area contributed by atoms with E-state index in [0.29, 0.717) is 22.7 Å². The molecule has 3 unspecified atom stereocenters. The number of aliphatic hydroxyl groups is 2. The highest BCUT2D eigenvalue weighted by Gasteiger charge is 2.49. The summed E-state index contributed by atoms with van der Waals surface area (Å²) < 4.78 is 6.48. The second-order valence-electron chi connectivity index (χ2n) is 7.74. The van der Waals surface area contributed by atoms with Crippen LogP contribution in [0, 0.1) is 11.8 Å². The van der Waals surface area contributed by atoms with Crippen LogP contribution in [0.15, 0.2) is 12.2 Å². The Bertz CT molecular complexity index is 469. The summed E-state index contributed by atoms with van der Waals surface area (Å²) in [5.74, 6) is -0.400. The van der Waals surface area contributed by atoms with E-state index in [1.807, 2.05) is 12.2 Å². The van der Waals surface area contributed by atoms with E-state index in [4.69, 9.17) is 9.84 Å². The number of carboxylic acids is 1. The number of aliphatic hydroxyl groups excluding tert-OH is 2. The van der Waals surface area contributed by atoms with Crippen molar-refractivity contribution in [1.82, 2.24) is 0 Å². The molecule has 3 N–H and O–H groups in total. The fourth-order valence-corrected chi connectivity index (χ4v) is 5.11. The maximum absolute atomic E-state index is 10.7. The van der Waals surface area contributed by atoms with Crippen LogP contribution in [0.25, 0.3) is 0 Å². The van der Waals surface area contributed by atoms with Gasteiger partial charge in [-0.15, -0.1) is 0 Å². The monoisotopic (exact) mass is 480 g/mol. The highest BCUT2D eigenvalue weighted by molar-refractivity contribution is 14.1. The molecule has 0 spiro atoms. The Morgan fingerprint density at radius 3 is 2.73 bits per heavy atom. The van der Waals surface area contributed by atoms with E-state index in [2.05, 4.69) is 29.5 Å². The van der Waals surface area contributed by atoms with Gasteiger partial charge in [-0.3, -0.25) is 4.79 Å². The molecule has 1 saturated carbocycles. The second-order valence-corrected chi connectivity index (χ2v) is 9.34. The van der Waals surface area contributed by atoms with Crippen molar-refractivity contribution in [1.29, 1.82) is 0 Å². The number of carbonyl (C=O) groups is 1. The molecular formula is C20H33IO5. The zero-order valence-electron chi connectivity index (χ0n) is 15.6. The molecule has 0 aromatic carbocycles. The summed E-state index contributed by atoms with van der Waals surface area (Å²) in [5, 5.41) is 29.2. The van der Waals surface area contributed by atoms with Gasteiger partial charge in [0.05, 0.1) is 24.4 Å². The van der Waals surface area contributed by atoms with Gasteiger partial charge in [-0.2, -0.15) is 0 Å². The zero-order chi connectivity index (χ0) is 19.1. The summed E-state index contributed by atoms with van der Waals surface area (Å²) >= 11 is 2.38. The average Bonchev–Trinajstić information content (AvgIpc) is 3.10. The van der Waals surface area contributed by atoms with E-state index in [-0.39, 0.29) is 24.5 Å². The van der Waals surface area contributed by atoms with Crippen LogP contribution in [0.4, 0.5) is 0 Å². The number of rotatable bonds is 11. The van der Waals surface area contributed by atoms with Crippen molar-refractivity contribution >= 4 is 28.6 Å². The Balaban J connectivity index is 1.82. The lowest BCUT2D eigenvalue weighted by Crippen LogP contribution is -2.24. The molecule has 5 nitrogen and oxygen atoms in total. The van der Waals surface area contributed by atoms with Crippen LogP contribution in [0.3, 0.4) is 0 Å². The minimum absolute atomic E-state index is 0.0495. The third-order valence-corrected chi connectivity index (χ3v) is 7.10. The number of hydrogen-bond acceptors (Lipinski definition) is 4. The van der Waals surface area contributed by atoms with Crippen molar-refractivity contribution in [3.05, 3.63) is 12.2 Å². The normalized spacial score (nSPS) is 33.5. The van der Waals surface area contributed by atoms with Gasteiger partial charge in [-0.05, 0) is 31.6 Å². The van der Waals surface area contributed by atoms with Gasteiger partial charge in [0.2, 0.25) is 0 Å². The third kappa shape index (κ3) is 6.46. The molecule has 6 heteroatoms. The van der Waals surface area contributed by atoms with E-state index < -0.39 is 18.2 Å². The van der Waals surface area contributed by atoms with E-state index in [1.165, 1.54) is 0 Å². The van der Waals surface area contributed by atoms with Crippen LogP contribution in [0.1, 0.15) is 64.7 Å². The van der Waals surface area contributed by atoms with Gasteiger partial charge in [-0.25, -0.2) is 0 Å². The molecule has 1 saturated heterocycles. The number of fused-ring (bicyclic) bond motifs is 1. The van der Waals surface area contributed by atoms with Crippen LogP contribution >= 0.6 is 22.6 Å². The number of halogens is 1. The lowest BCUT2D eigenvalue weighted by atomic mass is 9.89. The number of carboxylic acid groups (broad SMARTS) is 1. The molecule has 150 valence electrons. The lowest BCUT2D eigenvalue weighted by molar-refractivity contribution is -0.137. The van der Waals surface area contributed by atoms with E-state index in [0.717, 1.165) is 38.5 Å². The van der Waals surface area contributed by atoms with Crippen molar-refractivity contribution in [2.75, 3.05) is 0 Å². The van der Waals surface area contributed by atoms with Gasteiger partial charge >= 0.3 is 5.97 Å². The first-order chi connectivity index (χ1) is 12.4. The Morgan fingerprint density at radius 1 is 1.27 bits per heavy atom. The standard InChI is InChI=1S/C20H33IO5/c1-2-3-4-6-13(22)9-10-14-15-11-19(26-18(15)12-17(14)23)16(21)7-5-8-20(24)25/h9-10,13-19,22-23H,2-8,11-12H2,1H3,(H,24,25)/b10-9+/t13-,14+,15+,16?,17+,18?,19?/m0/s1. The number of alkyl halides is 1. The predicted octanol–water partition coefficient (Wildman–Crippen LogP) is 3.70. The Morgan fingerprint density at radius 2 is 2.04 bits per heavy atom. The molecule has 2 rings (SSSR count). The van der Waals surface area contributed by atoms with Gasteiger partial charge in [-0.1, -0.05) is 60.9 Å². The van der Waals surface area contributed by atoms with Crippen LogP contribution in [-0.4, -0.2) is 49.6 Å². The number of ether oxygens (including phenoxy) is 1. The molecular weight excluding hydrogens is 447 g/mol. The first-order valence-electron chi connectivity index (χ1n) is 9.98. The Hall–Kier alpha value is -0.180. The smallest absolute Gasteiger partial charge is 0.303 e. The quantitative estimate of drug-likeness (QED) is 0.182. The summed E-state index contributed by atoms with van der Waals surface area (Å²) in [4.78, 5) is 10.7. The zero-order valence-corrected chi connectivity index (χ0v) is 17.8. The summed E-state index contributed by atoms with van der Waals surface area (Å²) in [6, 6.07) is 0. The highest BCUT2D eigenvalue weighted by atomic mass is 127. The maximum atomic E-state index is 10.7. The predicted molar refractivity (Wildman–Crippen MR) is 109 cm³/mol. The molecule has 0 aromatic heterocycles. The average molecular weight is 480 g/mol. The van der Waals surface area contributed by atoms with Crippen LogP contribution in [0.5, 0.6) is 0 Å². The maximum Gasteiger partial charge on any atom is 0.303 e. The van der Waals surface area contributed by atoms with Gasteiger partial charge in [0.15, 0.2) is 0 Å².